The molecule has 1 aliphatic heterocycles. The molecule has 1 aromatic rings. The molecule has 2 fully saturated rings. The number of hydrogen-bond donors (Lipinski definition) is 1. The molecular formula is C20H22N2O3. The second-order valence-corrected chi connectivity index (χ2v) is 7.36. The van der Waals surface area contributed by atoms with Crippen LogP contribution < -0.4 is 5.32 Å². The van der Waals surface area contributed by atoms with Crippen molar-refractivity contribution in [2.75, 3.05) is 0 Å². The number of carbonyl (C=O) groups excluding carboxylic acids is 3. The van der Waals surface area contributed by atoms with Crippen molar-refractivity contribution in [3.05, 3.63) is 48.0 Å². The number of nitrogens with zero attached hydrogens (tertiary/aromatic N) is 1. The van der Waals surface area contributed by atoms with Crippen LogP contribution in [0.25, 0.3) is 0 Å². The lowest BCUT2D eigenvalue weighted by molar-refractivity contribution is -0.148. The Labute approximate surface area is 147 Å². The third-order valence-electron chi connectivity index (χ3n) is 5.93. The Balaban J connectivity index is 1.48. The molecule has 1 saturated carbocycles. The van der Waals surface area contributed by atoms with Crippen LogP contribution in [0.5, 0.6) is 0 Å². The summed E-state index contributed by atoms with van der Waals surface area (Å²) in [4.78, 5) is 39.4. The molecule has 6 atom stereocenters. The van der Waals surface area contributed by atoms with Crippen molar-refractivity contribution in [1.82, 2.24) is 10.2 Å². The first-order valence-electron chi connectivity index (χ1n) is 8.89. The average Bonchev–Trinajstić information content (AvgIpc) is 3.29. The van der Waals surface area contributed by atoms with Gasteiger partial charge in [0.2, 0.25) is 17.7 Å². The molecule has 0 radical (unpaired) electrons. The van der Waals surface area contributed by atoms with E-state index in [1.807, 2.05) is 37.3 Å². The van der Waals surface area contributed by atoms with E-state index < -0.39 is 6.04 Å². The number of hydrogen-bond acceptors (Lipinski definition) is 3. The van der Waals surface area contributed by atoms with Crippen LogP contribution >= 0.6 is 0 Å². The van der Waals surface area contributed by atoms with E-state index in [4.69, 9.17) is 0 Å². The number of benzene rings is 1. The van der Waals surface area contributed by atoms with E-state index in [0.29, 0.717) is 0 Å². The number of carbonyl (C=O) groups is 3. The molecule has 5 heteroatoms. The number of nitrogens with one attached hydrogen (secondary N) is 1. The summed E-state index contributed by atoms with van der Waals surface area (Å²) < 4.78 is 0. The molecule has 1 heterocycles. The highest BCUT2D eigenvalue weighted by Gasteiger charge is 2.60. The SMILES string of the molecule is CC(NC(=O)C(C)N1C(=O)C2C3C=CC(C3)C2C1=O)c1ccccc1. The summed E-state index contributed by atoms with van der Waals surface area (Å²) in [6.07, 6.45) is 5.01. The fraction of sp³-hybridized carbons (Fsp3) is 0.450. The van der Waals surface area contributed by atoms with Crippen molar-refractivity contribution in [2.45, 2.75) is 32.4 Å². The second-order valence-electron chi connectivity index (χ2n) is 7.36. The van der Waals surface area contributed by atoms with Crippen molar-refractivity contribution >= 4 is 17.7 Å². The van der Waals surface area contributed by atoms with Gasteiger partial charge in [0, 0.05) is 0 Å². The minimum atomic E-state index is -0.781. The minimum Gasteiger partial charge on any atom is -0.348 e. The molecule has 0 spiro atoms. The molecule has 3 aliphatic rings. The number of amides is 3. The number of rotatable bonds is 4. The van der Waals surface area contributed by atoms with Gasteiger partial charge >= 0.3 is 0 Å². The molecule has 1 saturated heterocycles. The van der Waals surface area contributed by atoms with Gasteiger partial charge < -0.3 is 5.32 Å². The van der Waals surface area contributed by atoms with Crippen LogP contribution in [-0.2, 0) is 14.4 Å². The van der Waals surface area contributed by atoms with E-state index in [9.17, 15) is 14.4 Å². The maximum atomic E-state index is 12.8. The van der Waals surface area contributed by atoms with Crippen LogP contribution in [0.3, 0.4) is 0 Å². The standard InChI is InChI=1S/C20H22N2O3/c1-11(13-6-4-3-5-7-13)21-18(23)12(2)22-19(24)16-14-8-9-15(10-14)17(16)20(22)25/h3-9,11-12,14-17H,10H2,1-2H3,(H,21,23). The summed E-state index contributed by atoms with van der Waals surface area (Å²) in [6.45, 7) is 3.53. The zero-order valence-corrected chi connectivity index (χ0v) is 14.4. The molecule has 0 aromatic heterocycles. The predicted octanol–water partition coefficient (Wildman–Crippen LogP) is 2.06. The normalized spacial score (nSPS) is 32.0. The van der Waals surface area contributed by atoms with E-state index >= 15 is 0 Å². The Morgan fingerprint density at radius 1 is 1.04 bits per heavy atom. The summed E-state index contributed by atoms with van der Waals surface area (Å²) in [6, 6.07) is 8.67. The Morgan fingerprint density at radius 3 is 2.16 bits per heavy atom. The van der Waals surface area contributed by atoms with Gasteiger partial charge in [-0.15, -0.1) is 0 Å². The van der Waals surface area contributed by atoms with E-state index in [1.54, 1.807) is 6.92 Å². The summed E-state index contributed by atoms with van der Waals surface area (Å²) in [7, 11) is 0. The van der Waals surface area contributed by atoms with Gasteiger partial charge in [-0.3, -0.25) is 19.3 Å². The Morgan fingerprint density at radius 2 is 1.60 bits per heavy atom. The van der Waals surface area contributed by atoms with Gasteiger partial charge in [0.05, 0.1) is 17.9 Å². The molecule has 25 heavy (non-hydrogen) atoms. The van der Waals surface area contributed by atoms with Crippen LogP contribution in [0.4, 0.5) is 0 Å². The topological polar surface area (TPSA) is 66.5 Å². The second kappa shape index (κ2) is 5.83. The van der Waals surface area contributed by atoms with Crippen molar-refractivity contribution in [3.63, 3.8) is 0 Å². The lowest BCUT2D eigenvalue weighted by atomic mass is 9.85. The van der Waals surface area contributed by atoms with E-state index in [2.05, 4.69) is 17.5 Å². The molecule has 3 amide bonds. The fourth-order valence-electron chi connectivity index (χ4n) is 4.58. The first-order valence-corrected chi connectivity index (χ1v) is 8.89. The maximum absolute atomic E-state index is 12.8. The molecule has 6 unspecified atom stereocenters. The average molecular weight is 338 g/mol. The van der Waals surface area contributed by atoms with Crippen LogP contribution in [0, 0.1) is 23.7 Å². The zero-order chi connectivity index (χ0) is 17.7. The Kier molecular flexibility index (Phi) is 3.74. The Hall–Kier alpha value is -2.43. The number of fused-ring (bicyclic) bond motifs is 5. The van der Waals surface area contributed by atoms with Crippen LogP contribution in [0.15, 0.2) is 42.5 Å². The van der Waals surface area contributed by atoms with Crippen molar-refractivity contribution in [3.8, 4) is 0 Å². The lowest BCUT2D eigenvalue weighted by Crippen LogP contribution is -2.49. The van der Waals surface area contributed by atoms with Crippen LogP contribution in [-0.4, -0.2) is 28.7 Å². The van der Waals surface area contributed by atoms with E-state index in [-0.39, 0.29) is 47.4 Å². The van der Waals surface area contributed by atoms with Gasteiger partial charge in [0.1, 0.15) is 6.04 Å². The third-order valence-corrected chi connectivity index (χ3v) is 5.93. The molecule has 4 rings (SSSR count). The highest BCUT2D eigenvalue weighted by atomic mass is 16.2. The number of allylic oxidation sites excluding steroid dienone is 2. The summed E-state index contributed by atoms with van der Waals surface area (Å²) in [5.41, 5.74) is 0.987. The summed E-state index contributed by atoms with van der Waals surface area (Å²) in [5.74, 6) is -0.847. The lowest BCUT2D eigenvalue weighted by Gasteiger charge is -2.25. The molecular weight excluding hydrogens is 316 g/mol. The van der Waals surface area contributed by atoms with Crippen molar-refractivity contribution in [2.24, 2.45) is 23.7 Å². The quantitative estimate of drug-likeness (QED) is 0.675. The number of imide groups is 1. The fourth-order valence-corrected chi connectivity index (χ4v) is 4.58. The third kappa shape index (κ3) is 2.41. The summed E-state index contributed by atoms with van der Waals surface area (Å²) >= 11 is 0. The van der Waals surface area contributed by atoms with Gasteiger partial charge in [0.25, 0.3) is 0 Å². The zero-order valence-electron chi connectivity index (χ0n) is 14.4. The predicted molar refractivity (Wildman–Crippen MR) is 92.0 cm³/mol. The van der Waals surface area contributed by atoms with Crippen molar-refractivity contribution < 1.29 is 14.4 Å². The first-order chi connectivity index (χ1) is 12.0. The largest absolute Gasteiger partial charge is 0.348 e. The first kappa shape index (κ1) is 16.1. The molecule has 5 nitrogen and oxygen atoms in total. The van der Waals surface area contributed by atoms with E-state index in [1.165, 1.54) is 4.90 Å². The highest BCUT2D eigenvalue weighted by Crippen LogP contribution is 2.52. The van der Waals surface area contributed by atoms with Crippen molar-refractivity contribution in [1.29, 1.82) is 0 Å². The maximum Gasteiger partial charge on any atom is 0.243 e. The highest BCUT2D eigenvalue weighted by molar-refractivity contribution is 6.09. The van der Waals surface area contributed by atoms with Crippen LogP contribution in [0.1, 0.15) is 31.9 Å². The van der Waals surface area contributed by atoms with Crippen LogP contribution in [0.2, 0.25) is 0 Å². The minimum absolute atomic E-state index is 0.162. The van der Waals surface area contributed by atoms with Gasteiger partial charge in [0.15, 0.2) is 0 Å². The molecule has 1 N–H and O–H groups in total. The van der Waals surface area contributed by atoms with Gasteiger partial charge in [-0.25, -0.2) is 0 Å². The van der Waals surface area contributed by atoms with Gasteiger partial charge in [-0.05, 0) is 37.7 Å². The monoisotopic (exact) mass is 338 g/mol. The van der Waals surface area contributed by atoms with E-state index in [0.717, 1.165) is 12.0 Å². The smallest absolute Gasteiger partial charge is 0.243 e. The number of likely N-dealkylation sites (tertiary alicyclic amines) is 1. The summed E-state index contributed by atoms with van der Waals surface area (Å²) in [5, 5.41) is 2.92. The molecule has 130 valence electrons. The Bertz CT molecular complexity index is 727. The molecule has 1 aromatic carbocycles. The molecule has 2 aliphatic carbocycles. The van der Waals surface area contributed by atoms with Gasteiger partial charge in [-0.2, -0.15) is 0 Å². The van der Waals surface area contributed by atoms with Gasteiger partial charge in [-0.1, -0.05) is 42.5 Å². The molecule has 2 bridgehead atoms.